The van der Waals surface area contributed by atoms with E-state index in [4.69, 9.17) is 10.5 Å². The van der Waals surface area contributed by atoms with E-state index in [9.17, 15) is 19.6 Å². The standard InChI is InChI=1S/C18H17N3O4S/c1-10(22)15-14(12-5-6-26-8-12)18(9-19,17(24)25-2)13-4-3-11(16(20)23)7-21(13)15/h3-8,13-15H,1-2H3,(H2,20,23)/t13-,14+,15-,18-/m0/s1. The summed E-state index contributed by atoms with van der Waals surface area (Å²) in [5, 5.41) is 13.7. The van der Waals surface area contributed by atoms with Crippen molar-refractivity contribution in [2.75, 3.05) is 7.11 Å². The van der Waals surface area contributed by atoms with Gasteiger partial charge in [0.2, 0.25) is 5.91 Å². The maximum atomic E-state index is 12.8. The molecule has 0 spiro atoms. The van der Waals surface area contributed by atoms with Crippen molar-refractivity contribution < 1.29 is 19.1 Å². The molecular weight excluding hydrogens is 354 g/mol. The molecule has 2 aliphatic heterocycles. The van der Waals surface area contributed by atoms with Gasteiger partial charge in [-0.05, 0) is 35.4 Å². The predicted molar refractivity (Wildman–Crippen MR) is 93.6 cm³/mol. The normalized spacial score (nSPS) is 29.5. The third kappa shape index (κ3) is 2.35. The number of ketones is 1. The van der Waals surface area contributed by atoms with Crippen LogP contribution >= 0.6 is 11.3 Å². The first kappa shape index (κ1) is 17.9. The van der Waals surface area contributed by atoms with Crippen LogP contribution in [0.5, 0.6) is 0 Å². The molecule has 2 aliphatic rings. The third-order valence-corrected chi connectivity index (χ3v) is 5.67. The summed E-state index contributed by atoms with van der Waals surface area (Å²) in [4.78, 5) is 38.5. The Kier molecular flexibility index (Phi) is 4.42. The molecule has 3 heterocycles. The van der Waals surface area contributed by atoms with Gasteiger partial charge >= 0.3 is 5.97 Å². The van der Waals surface area contributed by atoms with Crippen LogP contribution in [0.1, 0.15) is 18.4 Å². The Morgan fingerprint density at radius 3 is 2.65 bits per heavy atom. The molecule has 0 radical (unpaired) electrons. The minimum atomic E-state index is -1.62. The van der Waals surface area contributed by atoms with Gasteiger partial charge in [-0.25, -0.2) is 0 Å². The van der Waals surface area contributed by atoms with Gasteiger partial charge < -0.3 is 15.4 Å². The molecule has 1 amide bonds. The number of amides is 1. The molecule has 7 nitrogen and oxygen atoms in total. The Labute approximate surface area is 154 Å². The van der Waals surface area contributed by atoms with E-state index in [1.54, 1.807) is 17.0 Å². The largest absolute Gasteiger partial charge is 0.468 e. The number of carbonyl (C=O) groups is 3. The van der Waals surface area contributed by atoms with Gasteiger partial charge in [-0.2, -0.15) is 16.6 Å². The van der Waals surface area contributed by atoms with Gasteiger partial charge in [0.25, 0.3) is 0 Å². The van der Waals surface area contributed by atoms with Crippen LogP contribution in [0, 0.1) is 16.7 Å². The molecule has 8 heteroatoms. The molecule has 26 heavy (non-hydrogen) atoms. The Hall–Kier alpha value is -2.92. The summed E-state index contributed by atoms with van der Waals surface area (Å²) in [6, 6.07) is 2.38. The van der Waals surface area contributed by atoms with Crippen molar-refractivity contribution in [2.45, 2.75) is 24.9 Å². The lowest BCUT2D eigenvalue weighted by atomic mass is 9.69. The number of thiophene rings is 1. The Bertz CT molecular complexity index is 867. The summed E-state index contributed by atoms with van der Waals surface area (Å²) in [5.74, 6) is -2.32. The first-order chi connectivity index (χ1) is 12.4. The molecule has 0 bridgehead atoms. The number of carbonyl (C=O) groups excluding carboxylic acids is 3. The second-order valence-electron chi connectivity index (χ2n) is 6.26. The first-order valence-corrected chi connectivity index (χ1v) is 8.82. The van der Waals surface area contributed by atoms with Crippen molar-refractivity contribution in [3.8, 4) is 6.07 Å². The highest BCUT2D eigenvalue weighted by Gasteiger charge is 2.66. The van der Waals surface area contributed by atoms with Gasteiger partial charge in [0, 0.05) is 12.1 Å². The van der Waals surface area contributed by atoms with Crippen molar-refractivity contribution in [2.24, 2.45) is 11.1 Å². The molecule has 2 N–H and O–H groups in total. The van der Waals surface area contributed by atoms with Crippen LogP contribution in [0.4, 0.5) is 0 Å². The molecule has 0 aromatic carbocycles. The zero-order valence-electron chi connectivity index (χ0n) is 14.2. The van der Waals surface area contributed by atoms with E-state index >= 15 is 0 Å². The molecule has 1 fully saturated rings. The topological polar surface area (TPSA) is 113 Å². The smallest absolute Gasteiger partial charge is 0.329 e. The number of primary amides is 1. The molecule has 1 aromatic rings. The second kappa shape index (κ2) is 6.42. The van der Waals surface area contributed by atoms with Crippen molar-refractivity contribution in [3.63, 3.8) is 0 Å². The van der Waals surface area contributed by atoms with Crippen molar-refractivity contribution in [1.29, 1.82) is 5.26 Å². The van der Waals surface area contributed by atoms with Crippen LogP contribution in [-0.4, -0.2) is 41.8 Å². The summed E-state index contributed by atoms with van der Waals surface area (Å²) in [6.45, 7) is 1.40. The quantitative estimate of drug-likeness (QED) is 0.793. The number of ether oxygens (including phenoxy) is 1. The van der Waals surface area contributed by atoms with Crippen molar-refractivity contribution >= 4 is 29.0 Å². The predicted octanol–water partition coefficient (Wildman–Crippen LogP) is 1.10. The third-order valence-electron chi connectivity index (χ3n) is 4.97. The summed E-state index contributed by atoms with van der Waals surface area (Å²) in [5.41, 5.74) is 4.65. The fourth-order valence-corrected chi connectivity index (χ4v) is 4.61. The van der Waals surface area contributed by atoms with Gasteiger partial charge in [0.1, 0.15) is 0 Å². The van der Waals surface area contributed by atoms with E-state index in [1.165, 1.54) is 37.6 Å². The molecule has 0 saturated carbocycles. The number of nitrogens with zero attached hydrogens (tertiary/aromatic N) is 2. The van der Waals surface area contributed by atoms with Crippen LogP contribution in [0.2, 0.25) is 0 Å². The summed E-state index contributed by atoms with van der Waals surface area (Å²) >= 11 is 1.41. The average Bonchev–Trinajstić information content (AvgIpc) is 3.24. The average molecular weight is 371 g/mol. The number of methoxy groups -OCH3 is 1. The highest BCUT2D eigenvalue weighted by molar-refractivity contribution is 7.08. The molecule has 1 saturated heterocycles. The van der Waals surface area contributed by atoms with Crippen LogP contribution in [-0.2, 0) is 19.1 Å². The SMILES string of the molecule is COC(=O)[C@]1(C#N)[C@H](c2ccsc2)[C@H](C(C)=O)N2C=C(C(N)=O)C=C[C@H]21. The van der Waals surface area contributed by atoms with E-state index in [2.05, 4.69) is 6.07 Å². The lowest BCUT2D eigenvalue weighted by Gasteiger charge is -2.32. The monoisotopic (exact) mass is 371 g/mol. The second-order valence-corrected chi connectivity index (χ2v) is 7.04. The highest BCUT2D eigenvalue weighted by Crippen LogP contribution is 2.54. The lowest BCUT2D eigenvalue weighted by Crippen LogP contribution is -2.45. The maximum Gasteiger partial charge on any atom is 0.329 e. The fraction of sp³-hybridized carbons (Fsp3) is 0.333. The van der Waals surface area contributed by atoms with Crippen LogP contribution in [0.15, 0.2) is 40.8 Å². The van der Waals surface area contributed by atoms with Gasteiger partial charge in [0.15, 0.2) is 11.2 Å². The van der Waals surface area contributed by atoms with Gasteiger partial charge in [0.05, 0.1) is 30.8 Å². The van der Waals surface area contributed by atoms with Crippen molar-refractivity contribution in [3.05, 3.63) is 46.3 Å². The first-order valence-electron chi connectivity index (χ1n) is 7.88. The van der Waals surface area contributed by atoms with Gasteiger partial charge in [-0.3, -0.25) is 14.4 Å². The highest BCUT2D eigenvalue weighted by atomic mass is 32.1. The van der Waals surface area contributed by atoms with Gasteiger partial charge in [-0.1, -0.05) is 6.08 Å². The van der Waals surface area contributed by atoms with Crippen LogP contribution in [0.25, 0.3) is 0 Å². The zero-order valence-corrected chi connectivity index (χ0v) is 15.0. The van der Waals surface area contributed by atoms with E-state index in [-0.39, 0.29) is 11.4 Å². The number of Topliss-reactive ketones (excluding diaryl/α,β-unsaturated/α-hetero) is 1. The Morgan fingerprint density at radius 2 is 2.15 bits per heavy atom. The molecule has 0 unspecified atom stereocenters. The van der Waals surface area contributed by atoms with E-state index in [1.807, 2.05) is 10.8 Å². The lowest BCUT2D eigenvalue weighted by molar-refractivity contribution is -0.150. The Morgan fingerprint density at radius 1 is 1.42 bits per heavy atom. The molecule has 0 aliphatic carbocycles. The number of nitrogens with two attached hydrogens (primary N) is 1. The minimum Gasteiger partial charge on any atom is -0.468 e. The van der Waals surface area contributed by atoms with E-state index in [0.29, 0.717) is 5.56 Å². The number of hydrogen-bond donors (Lipinski definition) is 1. The molecule has 134 valence electrons. The number of nitriles is 1. The number of fused-ring (bicyclic) bond motifs is 1. The summed E-state index contributed by atoms with van der Waals surface area (Å²) in [7, 11) is 1.22. The minimum absolute atomic E-state index is 0.204. The molecular formula is C18H17N3O4S. The van der Waals surface area contributed by atoms with E-state index in [0.717, 1.165) is 0 Å². The molecule has 4 atom stereocenters. The zero-order chi connectivity index (χ0) is 19.1. The van der Waals surface area contributed by atoms with Crippen molar-refractivity contribution in [1.82, 2.24) is 4.90 Å². The Balaban J connectivity index is 2.28. The maximum absolute atomic E-state index is 12.8. The van der Waals surface area contributed by atoms with Crippen LogP contribution in [0.3, 0.4) is 0 Å². The summed E-state index contributed by atoms with van der Waals surface area (Å²) < 4.78 is 4.97. The van der Waals surface area contributed by atoms with Gasteiger partial charge in [-0.15, -0.1) is 0 Å². The molecule has 3 rings (SSSR count). The fourth-order valence-electron chi connectivity index (χ4n) is 3.91. The van der Waals surface area contributed by atoms with E-state index < -0.39 is 35.3 Å². The number of rotatable bonds is 4. The number of esters is 1. The van der Waals surface area contributed by atoms with Crippen LogP contribution < -0.4 is 5.73 Å². The summed E-state index contributed by atoms with van der Waals surface area (Å²) in [6.07, 6.45) is 4.51. The number of hydrogen-bond acceptors (Lipinski definition) is 7. The molecule has 1 aromatic heterocycles.